The lowest BCUT2D eigenvalue weighted by molar-refractivity contribution is -0.134. The zero-order valence-electron chi connectivity index (χ0n) is 7.62. The number of carboxylic acids is 1. The van der Waals surface area contributed by atoms with Gasteiger partial charge in [0.15, 0.2) is 0 Å². The third kappa shape index (κ3) is 7.92. The summed E-state index contributed by atoms with van der Waals surface area (Å²) in [6, 6.07) is 0. The summed E-state index contributed by atoms with van der Waals surface area (Å²) in [6.45, 7) is 1.08. The van der Waals surface area contributed by atoms with Crippen molar-refractivity contribution in [3.63, 3.8) is 0 Å². The highest BCUT2D eigenvalue weighted by molar-refractivity contribution is 7.80. The van der Waals surface area contributed by atoms with Crippen LogP contribution in [-0.4, -0.2) is 16.8 Å². The van der Waals surface area contributed by atoms with Gasteiger partial charge in [-0.2, -0.15) is 12.6 Å². The summed E-state index contributed by atoms with van der Waals surface area (Å²) < 4.78 is 0. The van der Waals surface area contributed by atoms with Gasteiger partial charge in [0.05, 0.1) is 0 Å². The summed E-state index contributed by atoms with van der Waals surface area (Å²) in [5.41, 5.74) is 0. The molecule has 72 valence electrons. The van der Waals surface area contributed by atoms with Crippen molar-refractivity contribution in [2.75, 3.05) is 5.75 Å². The average molecular weight is 190 g/mol. The molecule has 0 atom stereocenters. The summed E-state index contributed by atoms with van der Waals surface area (Å²) in [7, 11) is 0. The standard InChI is InChI=1S/C7H14S.C2H4O2/c8-6-7-4-2-1-3-5-7;1-2(3)4/h7-8H,1-6H2;1H3,(H,3,4). The quantitative estimate of drug-likeness (QED) is 0.624. The van der Waals surface area contributed by atoms with Gasteiger partial charge in [0, 0.05) is 6.92 Å². The fourth-order valence-corrected chi connectivity index (χ4v) is 1.73. The Morgan fingerprint density at radius 3 is 2.08 bits per heavy atom. The van der Waals surface area contributed by atoms with Gasteiger partial charge in [0.2, 0.25) is 0 Å². The zero-order chi connectivity index (χ0) is 9.40. The Balaban J connectivity index is 0.000000261. The molecule has 1 aliphatic carbocycles. The third-order valence-electron chi connectivity index (χ3n) is 1.98. The van der Waals surface area contributed by atoms with Crippen LogP contribution >= 0.6 is 12.6 Å². The highest BCUT2D eigenvalue weighted by Crippen LogP contribution is 2.23. The Kier molecular flexibility index (Phi) is 7.36. The van der Waals surface area contributed by atoms with Crippen LogP contribution in [0.15, 0.2) is 0 Å². The largest absolute Gasteiger partial charge is 0.481 e. The van der Waals surface area contributed by atoms with E-state index in [1.54, 1.807) is 0 Å². The topological polar surface area (TPSA) is 37.3 Å². The van der Waals surface area contributed by atoms with Crippen LogP contribution in [0.25, 0.3) is 0 Å². The number of aliphatic carboxylic acids is 1. The normalized spacial score (nSPS) is 17.8. The molecule has 0 aromatic rings. The number of rotatable bonds is 1. The molecule has 0 aromatic heterocycles. The van der Waals surface area contributed by atoms with Gasteiger partial charge in [-0.1, -0.05) is 19.3 Å². The summed E-state index contributed by atoms with van der Waals surface area (Å²) in [5.74, 6) is 1.23. The Labute approximate surface area is 79.8 Å². The molecule has 0 bridgehead atoms. The average Bonchev–Trinajstić information content (AvgIpc) is 2.05. The van der Waals surface area contributed by atoms with E-state index >= 15 is 0 Å². The highest BCUT2D eigenvalue weighted by Gasteiger charge is 2.10. The summed E-state index contributed by atoms with van der Waals surface area (Å²) in [5, 5.41) is 7.42. The van der Waals surface area contributed by atoms with E-state index in [9.17, 15) is 0 Å². The Morgan fingerprint density at radius 2 is 1.83 bits per heavy atom. The third-order valence-corrected chi connectivity index (χ3v) is 2.50. The maximum Gasteiger partial charge on any atom is 0.300 e. The zero-order valence-corrected chi connectivity index (χ0v) is 8.52. The van der Waals surface area contributed by atoms with Crippen LogP contribution < -0.4 is 0 Å². The molecule has 0 aromatic carbocycles. The minimum atomic E-state index is -0.833. The van der Waals surface area contributed by atoms with Gasteiger partial charge in [0.25, 0.3) is 5.97 Å². The molecular weight excluding hydrogens is 172 g/mol. The molecule has 0 spiro atoms. The van der Waals surface area contributed by atoms with Gasteiger partial charge in [-0.05, 0) is 24.5 Å². The Hall–Kier alpha value is -0.180. The minimum Gasteiger partial charge on any atom is -0.481 e. The molecule has 12 heavy (non-hydrogen) atoms. The van der Waals surface area contributed by atoms with Gasteiger partial charge in [-0.25, -0.2) is 0 Å². The molecule has 1 saturated carbocycles. The van der Waals surface area contributed by atoms with Gasteiger partial charge in [0.1, 0.15) is 0 Å². The summed E-state index contributed by atoms with van der Waals surface area (Å²) in [6.07, 6.45) is 7.23. The van der Waals surface area contributed by atoms with Crippen molar-refractivity contribution < 1.29 is 9.90 Å². The molecule has 0 heterocycles. The van der Waals surface area contributed by atoms with Crippen LogP contribution in [0.4, 0.5) is 0 Å². The molecule has 3 heteroatoms. The van der Waals surface area contributed by atoms with Crippen molar-refractivity contribution in [1.29, 1.82) is 0 Å². The first-order valence-corrected chi connectivity index (χ1v) is 5.10. The van der Waals surface area contributed by atoms with Crippen molar-refractivity contribution in [1.82, 2.24) is 0 Å². The highest BCUT2D eigenvalue weighted by atomic mass is 32.1. The molecule has 0 saturated heterocycles. The molecule has 1 fully saturated rings. The first kappa shape index (κ1) is 11.8. The molecular formula is C9H18O2S. The minimum absolute atomic E-state index is 0.833. The molecule has 0 unspecified atom stereocenters. The second kappa shape index (κ2) is 7.47. The number of carboxylic acid groups (broad SMARTS) is 1. The van der Waals surface area contributed by atoms with E-state index in [4.69, 9.17) is 9.90 Å². The second-order valence-electron chi connectivity index (χ2n) is 3.21. The maximum absolute atomic E-state index is 9.00. The van der Waals surface area contributed by atoms with E-state index in [2.05, 4.69) is 12.6 Å². The fourth-order valence-electron chi connectivity index (χ4n) is 1.37. The molecule has 0 amide bonds. The predicted octanol–water partition coefficient (Wildman–Crippen LogP) is 2.59. The van der Waals surface area contributed by atoms with E-state index in [-0.39, 0.29) is 0 Å². The van der Waals surface area contributed by atoms with E-state index in [1.165, 1.54) is 32.1 Å². The van der Waals surface area contributed by atoms with Crippen LogP contribution in [0.1, 0.15) is 39.0 Å². The lowest BCUT2D eigenvalue weighted by atomic mass is 9.91. The first-order chi connectivity index (χ1) is 5.66. The van der Waals surface area contributed by atoms with Gasteiger partial charge < -0.3 is 5.11 Å². The Morgan fingerprint density at radius 1 is 1.42 bits per heavy atom. The van der Waals surface area contributed by atoms with Crippen LogP contribution in [0.3, 0.4) is 0 Å². The van der Waals surface area contributed by atoms with Crippen molar-refractivity contribution >= 4 is 18.6 Å². The summed E-state index contributed by atoms with van der Waals surface area (Å²) in [4.78, 5) is 9.00. The molecule has 1 rings (SSSR count). The number of hydrogen-bond donors (Lipinski definition) is 2. The van der Waals surface area contributed by atoms with Gasteiger partial charge in [-0.3, -0.25) is 4.79 Å². The van der Waals surface area contributed by atoms with E-state index in [0.29, 0.717) is 0 Å². The lowest BCUT2D eigenvalue weighted by Gasteiger charge is -2.18. The molecule has 1 aliphatic rings. The molecule has 2 nitrogen and oxygen atoms in total. The molecule has 0 radical (unpaired) electrons. The lowest BCUT2D eigenvalue weighted by Crippen LogP contribution is -2.06. The van der Waals surface area contributed by atoms with E-state index < -0.39 is 5.97 Å². The van der Waals surface area contributed by atoms with Crippen LogP contribution in [0.2, 0.25) is 0 Å². The van der Waals surface area contributed by atoms with E-state index in [0.717, 1.165) is 18.6 Å². The fraction of sp³-hybridized carbons (Fsp3) is 0.889. The van der Waals surface area contributed by atoms with Crippen molar-refractivity contribution in [3.05, 3.63) is 0 Å². The van der Waals surface area contributed by atoms with E-state index in [1.807, 2.05) is 0 Å². The van der Waals surface area contributed by atoms with Crippen molar-refractivity contribution in [3.8, 4) is 0 Å². The van der Waals surface area contributed by atoms with Crippen molar-refractivity contribution in [2.24, 2.45) is 5.92 Å². The number of carbonyl (C=O) groups is 1. The van der Waals surface area contributed by atoms with Crippen LogP contribution in [0, 0.1) is 5.92 Å². The maximum atomic E-state index is 9.00. The van der Waals surface area contributed by atoms with Gasteiger partial charge >= 0.3 is 0 Å². The first-order valence-electron chi connectivity index (χ1n) is 4.47. The summed E-state index contributed by atoms with van der Waals surface area (Å²) >= 11 is 4.26. The van der Waals surface area contributed by atoms with Crippen LogP contribution in [0.5, 0.6) is 0 Å². The smallest absolute Gasteiger partial charge is 0.300 e. The second-order valence-corrected chi connectivity index (χ2v) is 3.57. The monoisotopic (exact) mass is 190 g/mol. The predicted molar refractivity (Wildman–Crippen MR) is 53.7 cm³/mol. The van der Waals surface area contributed by atoms with Crippen molar-refractivity contribution in [2.45, 2.75) is 39.0 Å². The molecule has 1 N–H and O–H groups in total. The molecule has 0 aliphatic heterocycles. The number of hydrogen-bond acceptors (Lipinski definition) is 2. The van der Waals surface area contributed by atoms with Gasteiger partial charge in [-0.15, -0.1) is 0 Å². The Bertz CT molecular complexity index is 116. The van der Waals surface area contributed by atoms with Crippen LogP contribution in [-0.2, 0) is 4.79 Å². The SMILES string of the molecule is CC(=O)O.SCC1CCCCC1. The number of thiol groups is 1.